The third-order valence-corrected chi connectivity index (χ3v) is 4.98. The van der Waals surface area contributed by atoms with Crippen molar-refractivity contribution in [3.8, 4) is 12.3 Å². The number of hydrogen-bond donors (Lipinski definition) is 2. The lowest BCUT2D eigenvalue weighted by Crippen LogP contribution is -2.51. The summed E-state index contributed by atoms with van der Waals surface area (Å²) in [5.41, 5.74) is -0.681. The Hall–Kier alpha value is -1.67. The minimum absolute atomic E-state index is 0.000748. The maximum Gasteiger partial charge on any atom is 0.220 e. The second-order valence-electron chi connectivity index (χ2n) is 7.08. The zero-order chi connectivity index (χ0) is 16.9. The largest absolute Gasteiger partial charge is 0.396 e. The molecule has 0 saturated heterocycles. The molecular formula is C18H27N3O2. The number of carbonyl (C=O) groups excluding carboxylic acids is 1. The second kappa shape index (κ2) is 7.27. The summed E-state index contributed by atoms with van der Waals surface area (Å²) in [6, 6.07) is -0.0373. The van der Waals surface area contributed by atoms with E-state index in [1.165, 1.54) is 0 Å². The third-order valence-electron chi connectivity index (χ3n) is 4.98. The Morgan fingerprint density at radius 3 is 2.48 bits per heavy atom. The fourth-order valence-electron chi connectivity index (χ4n) is 3.46. The maximum absolute atomic E-state index is 12.4. The van der Waals surface area contributed by atoms with Crippen LogP contribution in [0.2, 0.25) is 0 Å². The van der Waals surface area contributed by atoms with Crippen molar-refractivity contribution in [1.29, 1.82) is 0 Å². The standard InChI is InChI=1S/C18H27N3O2/c1-4-5-11-18(20-21-18)12-8-15(23)19-16(14(2)3)17(13-22)9-6-7-10-17/h1,6-7,14,16,22H,5,8-13H2,2-3H3,(H,19,23). The first-order valence-electron chi connectivity index (χ1n) is 8.40. The van der Waals surface area contributed by atoms with Crippen molar-refractivity contribution >= 4 is 5.91 Å². The molecule has 1 atom stereocenters. The number of amides is 1. The zero-order valence-electron chi connectivity index (χ0n) is 14.1. The quantitative estimate of drug-likeness (QED) is 0.507. The lowest BCUT2D eigenvalue weighted by molar-refractivity contribution is -0.123. The zero-order valence-corrected chi connectivity index (χ0v) is 14.1. The van der Waals surface area contributed by atoms with Crippen molar-refractivity contribution in [1.82, 2.24) is 5.32 Å². The first-order chi connectivity index (χ1) is 11.0. The van der Waals surface area contributed by atoms with Crippen LogP contribution in [-0.2, 0) is 4.79 Å². The highest BCUT2D eigenvalue weighted by Gasteiger charge is 2.42. The molecule has 0 saturated carbocycles. The van der Waals surface area contributed by atoms with Crippen molar-refractivity contribution in [2.75, 3.05) is 6.61 Å². The molecule has 1 aliphatic carbocycles. The number of rotatable bonds is 9. The number of terminal acetylenes is 1. The van der Waals surface area contributed by atoms with Crippen molar-refractivity contribution in [3.05, 3.63) is 12.2 Å². The van der Waals surface area contributed by atoms with Gasteiger partial charge in [-0.15, -0.1) is 12.3 Å². The maximum atomic E-state index is 12.4. The molecule has 0 aromatic heterocycles. The number of nitrogens with one attached hydrogen (secondary N) is 1. The van der Waals surface area contributed by atoms with E-state index in [4.69, 9.17) is 6.42 Å². The van der Waals surface area contributed by atoms with Gasteiger partial charge in [0.2, 0.25) is 5.91 Å². The highest BCUT2D eigenvalue weighted by atomic mass is 16.3. The highest BCUT2D eigenvalue weighted by molar-refractivity contribution is 5.76. The van der Waals surface area contributed by atoms with Crippen LogP contribution in [0.3, 0.4) is 0 Å². The second-order valence-corrected chi connectivity index (χ2v) is 7.08. The van der Waals surface area contributed by atoms with Gasteiger partial charge in [-0.2, -0.15) is 10.2 Å². The van der Waals surface area contributed by atoms with Gasteiger partial charge in [-0.1, -0.05) is 26.0 Å². The molecule has 0 fully saturated rings. The number of aliphatic hydroxyl groups is 1. The molecule has 1 aliphatic heterocycles. The number of nitrogens with zero attached hydrogens (tertiary/aromatic N) is 2. The summed E-state index contributed by atoms with van der Waals surface area (Å²) >= 11 is 0. The smallest absolute Gasteiger partial charge is 0.220 e. The topological polar surface area (TPSA) is 74.0 Å². The van der Waals surface area contributed by atoms with Crippen LogP contribution in [0, 0.1) is 23.7 Å². The first kappa shape index (κ1) is 17.7. The normalized spacial score (nSPS) is 21.2. The summed E-state index contributed by atoms with van der Waals surface area (Å²) < 4.78 is 0. The summed E-state index contributed by atoms with van der Waals surface area (Å²) in [4.78, 5) is 12.4. The lowest BCUT2D eigenvalue weighted by atomic mass is 9.73. The summed E-state index contributed by atoms with van der Waals surface area (Å²) in [5.74, 6) is 2.85. The Morgan fingerprint density at radius 2 is 2.00 bits per heavy atom. The molecule has 0 aromatic rings. The SMILES string of the molecule is C#CCCC1(CCC(=O)NC(C(C)C)C2(CO)CC=CC2)N=N1. The van der Waals surface area contributed by atoms with Gasteiger partial charge in [0.1, 0.15) is 0 Å². The van der Waals surface area contributed by atoms with Crippen LogP contribution in [0.1, 0.15) is 52.4 Å². The molecule has 1 unspecified atom stereocenters. The van der Waals surface area contributed by atoms with Gasteiger partial charge in [0.05, 0.1) is 6.61 Å². The van der Waals surface area contributed by atoms with E-state index >= 15 is 0 Å². The van der Waals surface area contributed by atoms with E-state index in [0.29, 0.717) is 19.3 Å². The molecule has 2 N–H and O–H groups in total. The molecule has 0 spiro atoms. The molecule has 5 nitrogen and oxygen atoms in total. The van der Waals surface area contributed by atoms with E-state index in [9.17, 15) is 9.90 Å². The van der Waals surface area contributed by atoms with Gasteiger partial charge < -0.3 is 10.4 Å². The molecule has 126 valence electrons. The highest BCUT2D eigenvalue weighted by Crippen LogP contribution is 2.40. The Bertz CT molecular complexity index is 517. The Labute approximate surface area is 138 Å². The van der Waals surface area contributed by atoms with Crippen LogP contribution >= 0.6 is 0 Å². The fourth-order valence-corrected chi connectivity index (χ4v) is 3.46. The van der Waals surface area contributed by atoms with Crippen LogP contribution in [0.4, 0.5) is 0 Å². The van der Waals surface area contributed by atoms with Gasteiger partial charge in [0, 0.05) is 37.1 Å². The summed E-state index contributed by atoms with van der Waals surface area (Å²) in [6.45, 7) is 4.25. The molecular weight excluding hydrogens is 290 g/mol. The summed E-state index contributed by atoms with van der Waals surface area (Å²) in [5, 5.41) is 21.1. The Balaban J connectivity index is 1.88. The van der Waals surface area contributed by atoms with E-state index in [-0.39, 0.29) is 29.9 Å². The van der Waals surface area contributed by atoms with Crippen LogP contribution in [0.15, 0.2) is 22.4 Å². The van der Waals surface area contributed by atoms with Crippen LogP contribution in [0.25, 0.3) is 0 Å². The van der Waals surface area contributed by atoms with Crippen molar-refractivity contribution in [2.45, 2.75) is 64.1 Å². The third kappa shape index (κ3) is 4.20. The number of allylic oxidation sites excluding steroid dienone is 2. The summed E-state index contributed by atoms with van der Waals surface area (Å²) in [6.07, 6.45) is 13.4. The molecule has 2 rings (SSSR count). The van der Waals surface area contributed by atoms with Crippen molar-refractivity contribution in [3.63, 3.8) is 0 Å². The predicted octanol–water partition coefficient (Wildman–Crippen LogP) is 2.81. The number of carbonyl (C=O) groups is 1. The summed E-state index contributed by atoms with van der Waals surface area (Å²) in [7, 11) is 0. The van der Waals surface area contributed by atoms with Gasteiger partial charge in [0.15, 0.2) is 5.66 Å². The van der Waals surface area contributed by atoms with E-state index in [0.717, 1.165) is 19.3 Å². The fraction of sp³-hybridized carbons (Fsp3) is 0.722. The van der Waals surface area contributed by atoms with E-state index in [2.05, 4.69) is 47.5 Å². The van der Waals surface area contributed by atoms with Gasteiger partial charge in [-0.25, -0.2) is 0 Å². The first-order valence-corrected chi connectivity index (χ1v) is 8.40. The molecule has 0 radical (unpaired) electrons. The van der Waals surface area contributed by atoms with E-state index < -0.39 is 5.66 Å². The Kier molecular flexibility index (Phi) is 5.59. The van der Waals surface area contributed by atoms with Crippen molar-refractivity contribution < 1.29 is 9.90 Å². The number of aliphatic hydroxyl groups excluding tert-OH is 1. The van der Waals surface area contributed by atoms with Crippen LogP contribution in [-0.4, -0.2) is 29.3 Å². The van der Waals surface area contributed by atoms with Crippen molar-refractivity contribution in [2.24, 2.45) is 21.6 Å². The molecule has 1 heterocycles. The van der Waals surface area contributed by atoms with E-state index in [1.807, 2.05) is 0 Å². The minimum Gasteiger partial charge on any atom is -0.396 e. The van der Waals surface area contributed by atoms with Crippen LogP contribution in [0.5, 0.6) is 0 Å². The number of hydrogen-bond acceptors (Lipinski definition) is 4. The predicted molar refractivity (Wildman–Crippen MR) is 89.5 cm³/mol. The minimum atomic E-state index is -0.416. The average molecular weight is 317 g/mol. The van der Waals surface area contributed by atoms with Gasteiger partial charge in [-0.3, -0.25) is 4.79 Å². The van der Waals surface area contributed by atoms with Gasteiger partial charge >= 0.3 is 0 Å². The van der Waals surface area contributed by atoms with E-state index in [1.54, 1.807) is 0 Å². The molecule has 0 bridgehead atoms. The molecule has 23 heavy (non-hydrogen) atoms. The molecule has 2 aliphatic rings. The molecule has 0 aromatic carbocycles. The average Bonchev–Trinajstić information content (AvgIpc) is 3.15. The van der Waals surface area contributed by atoms with Crippen LogP contribution < -0.4 is 5.32 Å². The lowest BCUT2D eigenvalue weighted by Gasteiger charge is -2.39. The molecule has 5 heteroatoms. The monoisotopic (exact) mass is 317 g/mol. The Morgan fingerprint density at radius 1 is 1.35 bits per heavy atom. The molecule has 1 amide bonds. The van der Waals surface area contributed by atoms with Gasteiger partial charge in [-0.05, 0) is 18.8 Å². The van der Waals surface area contributed by atoms with Gasteiger partial charge in [0.25, 0.3) is 0 Å².